The fourth-order valence-corrected chi connectivity index (χ4v) is 2.97. The third-order valence-corrected chi connectivity index (χ3v) is 4.14. The molecule has 1 amide bonds. The number of amides is 1. The number of carbonyl (C=O) groups is 1. The highest BCUT2D eigenvalue weighted by molar-refractivity contribution is 7.07. The van der Waals surface area contributed by atoms with E-state index in [2.05, 4.69) is 39.4 Å². The molecule has 0 bridgehead atoms. The molecular formula is C15H24N4OS. The lowest BCUT2D eigenvalue weighted by Gasteiger charge is -2.16. The van der Waals surface area contributed by atoms with Crippen molar-refractivity contribution in [2.24, 2.45) is 4.99 Å². The summed E-state index contributed by atoms with van der Waals surface area (Å²) in [6.07, 6.45) is 2.68. The molecule has 1 aromatic heterocycles. The molecule has 0 saturated carbocycles. The second kappa shape index (κ2) is 8.67. The van der Waals surface area contributed by atoms with Gasteiger partial charge in [-0.25, -0.2) is 4.99 Å². The van der Waals surface area contributed by atoms with Crippen molar-refractivity contribution in [3.05, 3.63) is 22.4 Å². The van der Waals surface area contributed by atoms with E-state index in [1.54, 1.807) is 11.3 Å². The number of rotatable bonds is 7. The number of nitrogens with zero attached hydrogens (tertiary/aromatic N) is 2. The van der Waals surface area contributed by atoms with Gasteiger partial charge in [-0.05, 0) is 42.2 Å². The number of hydrogen-bond donors (Lipinski definition) is 2. The van der Waals surface area contributed by atoms with Gasteiger partial charge in [-0.3, -0.25) is 4.79 Å². The molecule has 1 saturated heterocycles. The predicted molar refractivity (Wildman–Crippen MR) is 87.6 cm³/mol. The maximum Gasteiger partial charge on any atom is 0.222 e. The highest BCUT2D eigenvalue weighted by Crippen LogP contribution is 2.09. The highest BCUT2D eigenvalue weighted by atomic mass is 32.1. The summed E-state index contributed by atoms with van der Waals surface area (Å²) in [5.41, 5.74) is 1.24. The van der Waals surface area contributed by atoms with E-state index in [1.807, 2.05) is 4.90 Å². The lowest BCUT2D eigenvalue weighted by Crippen LogP contribution is -2.38. The van der Waals surface area contributed by atoms with E-state index in [9.17, 15) is 4.79 Å². The van der Waals surface area contributed by atoms with Gasteiger partial charge in [0.25, 0.3) is 0 Å². The SMILES string of the molecule is CCNC(=NCc1ccsc1)NCCCN1CCCC1=O. The standard InChI is InChI=1S/C15H24N4OS/c1-2-16-15(18-11-13-6-10-21-12-13)17-7-4-9-19-8-3-5-14(19)20/h6,10,12H,2-5,7-9,11H2,1H3,(H2,16,17,18). The summed E-state index contributed by atoms with van der Waals surface area (Å²) in [6.45, 7) is 6.20. The van der Waals surface area contributed by atoms with Gasteiger partial charge in [0.05, 0.1) is 6.54 Å². The van der Waals surface area contributed by atoms with Crippen LogP contribution in [0.15, 0.2) is 21.8 Å². The minimum Gasteiger partial charge on any atom is -0.357 e. The Hall–Kier alpha value is -1.56. The molecule has 1 aromatic rings. The van der Waals surface area contributed by atoms with Gasteiger partial charge in [-0.2, -0.15) is 11.3 Å². The van der Waals surface area contributed by atoms with E-state index < -0.39 is 0 Å². The van der Waals surface area contributed by atoms with Crippen LogP contribution in [-0.4, -0.2) is 42.9 Å². The van der Waals surface area contributed by atoms with Gasteiger partial charge in [0.2, 0.25) is 5.91 Å². The quantitative estimate of drug-likeness (QED) is 0.459. The molecule has 0 aliphatic carbocycles. The lowest BCUT2D eigenvalue weighted by atomic mass is 10.3. The predicted octanol–water partition coefficient (Wildman–Crippen LogP) is 1.82. The van der Waals surface area contributed by atoms with Gasteiger partial charge in [-0.15, -0.1) is 0 Å². The number of nitrogens with one attached hydrogen (secondary N) is 2. The van der Waals surface area contributed by atoms with E-state index in [1.165, 1.54) is 5.56 Å². The molecular weight excluding hydrogens is 284 g/mol. The van der Waals surface area contributed by atoms with E-state index in [0.717, 1.165) is 51.4 Å². The Labute approximate surface area is 130 Å². The van der Waals surface area contributed by atoms with Crippen LogP contribution < -0.4 is 10.6 Å². The average Bonchev–Trinajstić information content (AvgIpc) is 3.13. The third kappa shape index (κ3) is 5.38. The third-order valence-electron chi connectivity index (χ3n) is 3.41. The molecule has 0 unspecified atom stereocenters. The Morgan fingerprint density at radius 2 is 2.38 bits per heavy atom. The van der Waals surface area contributed by atoms with Crippen LogP contribution in [0, 0.1) is 0 Å². The molecule has 0 aromatic carbocycles. The number of carbonyl (C=O) groups excluding carboxylic acids is 1. The zero-order chi connectivity index (χ0) is 14.9. The molecule has 116 valence electrons. The molecule has 6 heteroatoms. The fraction of sp³-hybridized carbons (Fsp3) is 0.600. The topological polar surface area (TPSA) is 56.7 Å². The molecule has 5 nitrogen and oxygen atoms in total. The first-order chi connectivity index (χ1) is 10.3. The molecule has 1 aliphatic heterocycles. The van der Waals surface area contributed by atoms with E-state index >= 15 is 0 Å². The summed E-state index contributed by atoms with van der Waals surface area (Å²) < 4.78 is 0. The van der Waals surface area contributed by atoms with E-state index in [-0.39, 0.29) is 0 Å². The van der Waals surface area contributed by atoms with Crippen LogP contribution in [0.3, 0.4) is 0 Å². The lowest BCUT2D eigenvalue weighted by molar-refractivity contribution is -0.127. The van der Waals surface area contributed by atoms with Crippen molar-refractivity contribution >= 4 is 23.2 Å². The van der Waals surface area contributed by atoms with Gasteiger partial charge in [0.15, 0.2) is 5.96 Å². The Morgan fingerprint density at radius 3 is 3.05 bits per heavy atom. The van der Waals surface area contributed by atoms with Gasteiger partial charge in [0.1, 0.15) is 0 Å². The van der Waals surface area contributed by atoms with Crippen LogP contribution in [0.4, 0.5) is 0 Å². The molecule has 0 atom stereocenters. The summed E-state index contributed by atoms with van der Waals surface area (Å²) >= 11 is 1.69. The van der Waals surface area contributed by atoms with Crippen LogP contribution in [0.5, 0.6) is 0 Å². The molecule has 2 heterocycles. The summed E-state index contributed by atoms with van der Waals surface area (Å²) in [4.78, 5) is 18.0. The molecule has 2 N–H and O–H groups in total. The second-order valence-corrected chi connectivity index (χ2v) is 5.87. The summed E-state index contributed by atoms with van der Waals surface area (Å²) in [5, 5.41) is 10.8. The molecule has 1 aliphatic rings. The number of guanidine groups is 1. The van der Waals surface area contributed by atoms with E-state index in [0.29, 0.717) is 12.5 Å². The van der Waals surface area contributed by atoms with Gasteiger partial charge < -0.3 is 15.5 Å². The summed E-state index contributed by atoms with van der Waals surface area (Å²) in [6, 6.07) is 2.09. The number of likely N-dealkylation sites (tertiary alicyclic amines) is 1. The largest absolute Gasteiger partial charge is 0.357 e. The summed E-state index contributed by atoms with van der Waals surface area (Å²) in [5.74, 6) is 1.14. The Morgan fingerprint density at radius 1 is 1.48 bits per heavy atom. The first-order valence-electron chi connectivity index (χ1n) is 7.60. The van der Waals surface area contributed by atoms with Crippen molar-refractivity contribution in [1.82, 2.24) is 15.5 Å². The maximum absolute atomic E-state index is 11.5. The van der Waals surface area contributed by atoms with Crippen LogP contribution in [0.25, 0.3) is 0 Å². The Bertz CT molecular complexity index is 458. The number of hydrogen-bond acceptors (Lipinski definition) is 3. The zero-order valence-electron chi connectivity index (χ0n) is 12.6. The first-order valence-corrected chi connectivity index (χ1v) is 8.55. The van der Waals surface area contributed by atoms with Crippen molar-refractivity contribution in [3.8, 4) is 0 Å². The van der Waals surface area contributed by atoms with Crippen molar-refractivity contribution in [1.29, 1.82) is 0 Å². The number of aliphatic imine (C=N–C) groups is 1. The second-order valence-electron chi connectivity index (χ2n) is 5.09. The van der Waals surface area contributed by atoms with Crippen LogP contribution in [0.1, 0.15) is 31.7 Å². The monoisotopic (exact) mass is 308 g/mol. The minimum atomic E-state index is 0.299. The number of thiophene rings is 1. The fourth-order valence-electron chi connectivity index (χ4n) is 2.31. The van der Waals surface area contributed by atoms with Crippen LogP contribution >= 0.6 is 11.3 Å². The minimum absolute atomic E-state index is 0.299. The molecule has 21 heavy (non-hydrogen) atoms. The smallest absolute Gasteiger partial charge is 0.222 e. The van der Waals surface area contributed by atoms with Gasteiger partial charge >= 0.3 is 0 Å². The van der Waals surface area contributed by atoms with Crippen LogP contribution in [-0.2, 0) is 11.3 Å². The normalized spacial score (nSPS) is 15.6. The first kappa shape index (κ1) is 15.8. The molecule has 1 fully saturated rings. The molecule has 0 spiro atoms. The average molecular weight is 308 g/mol. The van der Waals surface area contributed by atoms with Crippen molar-refractivity contribution in [2.45, 2.75) is 32.7 Å². The van der Waals surface area contributed by atoms with Gasteiger partial charge in [0, 0.05) is 32.6 Å². The van der Waals surface area contributed by atoms with E-state index in [4.69, 9.17) is 0 Å². The molecule has 0 radical (unpaired) electrons. The molecule has 2 rings (SSSR count). The Kier molecular flexibility index (Phi) is 6.53. The summed E-state index contributed by atoms with van der Waals surface area (Å²) in [7, 11) is 0. The highest BCUT2D eigenvalue weighted by Gasteiger charge is 2.18. The van der Waals surface area contributed by atoms with Crippen LogP contribution in [0.2, 0.25) is 0 Å². The Balaban J connectivity index is 1.69. The van der Waals surface area contributed by atoms with Crippen molar-refractivity contribution in [3.63, 3.8) is 0 Å². The van der Waals surface area contributed by atoms with Crippen molar-refractivity contribution < 1.29 is 4.79 Å². The van der Waals surface area contributed by atoms with Gasteiger partial charge in [-0.1, -0.05) is 0 Å². The van der Waals surface area contributed by atoms with Crippen molar-refractivity contribution in [2.75, 3.05) is 26.2 Å². The zero-order valence-corrected chi connectivity index (χ0v) is 13.4. The maximum atomic E-state index is 11.5.